The maximum Gasteiger partial charge on any atom is 0.206 e. The molecule has 0 spiro atoms. The molecule has 32 heavy (non-hydrogen) atoms. The van der Waals surface area contributed by atoms with Crippen LogP contribution in [-0.2, 0) is 0 Å². The third-order valence-corrected chi connectivity index (χ3v) is 6.43. The van der Waals surface area contributed by atoms with Crippen LogP contribution in [0.25, 0.3) is 11.3 Å². The van der Waals surface area contributed by atoms with Crippen LogP contribution in [0, 0.1) is 11.3 Å². The monoisotopic (exact) mass is 446 g/mol. The van der Waals surface area contributed by atoms with Crippen molar-refractivity contribution in [2.24, 2.45) is 10.1 Å². The van der Waals surface area contributed by atoms with Crippen LogP contribution >= 0.6 is 11.3 Å². The van der Waals surface area contributed by atoms with Gasteiger partial charge in [-0.3, -0.25) is 4.99 Å². The lowest BCUT2D eigenvalue weighted by atomic mass is 9.96. The number of hydrogen-bond donors (Lipinski definition) is 0. The molecule has 0 aliphatic heterocycles. The van der Waals surface area contributed by atoms with E-state index in [0.717, 1.165) is 46.0 Å². The summed E-state index contributed by atoms with van der Waals surface area (Å²) >= 11 is 1.58. The van der Waals surface area contributed by atoms with E-state index in [-0.39, 0.29) is 0 Å². The molecule has 1 saturated carbocycles. The van der Waals surface area contributed by atoms with Gasteiger partial charge in [0.25, 0.3) is 0 Å². The lowest BCUT2D eigenvalue weighted by Gasteiger charge is -2.17. The number of aromatic nitrogens is 1. The van der Waals surface area contributed by atoms with Crippen LogP contribution in [0.1, 0.15) is 43.2 Å². The zero-order chi connectivity index (χ0) is 22.3. The highest BCUT2D eigenvalue weighted by molar-refractivity contribution is 7.07. The van der Waals surface area contributed by atoms with E-state index in [1.165, 1.54) is 19.3 Å². The predicted octanol–water partition coefficient (Wildman–Crippen LogP) is 5.22. The van der Waals surface area contributed by atoms with Crippen LogP contribution in [0.2, 0.25) is 0 Å². The molecule has 1 fully saturated rings. The van der Waals surface area contributed by atoms with E-state index in [9.17, 15) is 0 Å². The minimum absolute atomic E-state index is 0.332. The van der Waals surface area contributed by atoms with Gasteiger partial charge in [-0.2, -0.15) is 10.4 Å². The first-order valence-corrected chi connectivity index (χ1v) is 11.6. The molecule has 1 aliphatic carbocycles. The van der Waals surface area contributed by atoms with Crippen molar-refractivity contribution in [3.05, 3.63) is 63.8 Å². The maximum atomic E-state index is 9.03. The minimum atomic E-state index is 0.332. The molecule has 0 bridgehead atoms. The van der Waals surface area contributed by atoms with E-state index in [1.807, 2.05) is 35.0 Å². The van der Waals surface area contributed by atoms with Gasteiger partial charge in [-0.25, -0.2) is 4.68 Å². The molecular formula is C25H26N4O2S. The summed E-state index contributed by atoms with van der Waals surface area (Å²) in [6, 6.07) is 15.6. The van der Waals surface area contributed by atoms with E-state index < -0.39 is 0 Å². The summed E-state index contributed by atoms with van der Waals surface area (Å²) < 4.78 is 13.0. The number of benzene rings is 2. The van der Waals surface area contributed by atoms with Crippen molar-refractivity contribution < 1.29 is 9.47 Å². The van der Waals surface area contributed by atoms with Crippen molar-refractivity contribution >= 4 is 17.6 Å². The molecule has 0 unspecified atom stereocenters. The Labute approximate surface area is 192 Å². The SMILES string of the molecule is COc1ccc(OC)c(-c2csc(=NC3CCCCC3)n2N=Cc2ccc(C#N)cc2)c1. The average molecular weight is 447 g/mol. The smallest absolute Gasteiger partial charge is 0.206 e. The van der Waals surface area contributed by atoms with Crippen molar-refractivity contribution in [3.8, 4) is 28.8 Å². The van der Waals surface area contributed by atoms with Crippen molar-refractivity contribution in [1.29, 1.82) is 5.26 Å². The van der Waals surface area contributed by atoms with Crippen LogP contribution in [0.5, 0.6) is 11.5 Å². The molecule has 7 heteroatoms. The first kappa shape index (κ1) is 21.8. The fraction of sp³-hybridized carbons (Fsp3) is 0.320. The highest BCUT2D eigenvalue weighted by atomic mass is 32.1. The predicted molar refractivity (Wildman–Crippen MR) is 127 cm³/mol. The van der Waals surface area contributed by atoms with E-state index >= 15 is 0 Å². The molecule has 1 aliphatic rings. The zero-order valence-electron chi connectivity index (χ0n) is 18.3. The molecule has 1 heterocycles. The maximum absolute atomic E-state index is 9.03. The van der Waals surface area contributed by atoms with Crippen LogP contribution < -0.4 is 14.3 Å². The van der Waals surface area contributed by atoms with Gasteiger partial charge in [-0.1, -0.05) is 31.4 Å². The number of thiazole rings is 1. The van der Waals surface area contributed by atoms with Gasteiger partial charge < -0.3 is 9.47 Å². The zero-order valence-corrected chi connectivity index (χ0v) is 19.1. The fourth-order valence-corrected chi connectivity index (χ4v) is 4.73. The summed E-state index contributed by atoms with van der Waals surface area (Å²) in [6.07, 6.45) is 7.78. The Kier molecular flexibility index (Phi) is 7.03. The number of nitriles is 1. The van der Waals surface area contributed by atoms with Crippen molar-refractivity contribution in [2.45, 2.75) is 38.1 Å². The molecule has 6 nitrogen and oxygen atoms in total. The topological polar surface area (TPSA) is 71.9 Å². The molecule has 164 valence electrons. The Balaban J connectivity index is 1.81. The minimum Gasteiger partial charge on any atom is -0.497 e. The van der Waals surface area contributed by atoms with Crippen LogP contribution in [0.4, 0.5) is 0 Å². The molecule has 2 aromatic carbocycles. The Bertz CT molecular complexity index is 1200. The van der Waals surface area contributed by atoms with Crippen molar-refractivity contribution in [2.75, 3.05) is 14.2 Å². The first-order valence-electron chi connectivity index (χ1n) is 10.7. The molecular weight excluding hydrogens is 420 g/mol. The highest BCUT2D eigenvalue weighted by Crippen LogP contribution is 2.34. The second kappa shape index (κ2) is 10.3. The molecule has 4 rings (SSSR count). The van der Waals surface area contributed by atoms with Crippen molar-refractivity contribution in [1.82, 2.24) is 4.68 Å². The fourth-order valence-electron chi connectivity index (χ4n) is 3.83. The molecule has 1 aromatic heterocycles. The lowest BCUT2D eigenvalue weighted by molar-refractivity contribution is 0.404. The molecule has 3 aromatic rings. The van der Waals surface area contributed by atoms with Crippen LogP contribution in [-0.4, -0.2) is 31.2 Å². The Morgan fingerprint density at radius 1 is 1.06 bits per heavy atom. The summed E-state index contributed by atoms with van der Waals surface area (Å²) in [5.41, 5.74) is 3.32. The molecule has 0 radical (unpaired) electrons. The second-order valence-corrected chi connectivity index (χ2v) is 8.52. The summed E-state index contributed by atoms with van der Waals surface area (Å²) in [7, 11) is 3.31. The number of methoxy groups -OCH3 is 2. The van der Waals surface area contributed by atoms with E-state index in [2.05, 4.69) is 11.4 Å². The number of nitrogens with zero attached hydrogens (tertiary/aromatic N) is 4. The largest absolute Gasteiger partial charge is 0.497 e. The Morgan fingerprint density at radius 3 is 2.53 bits per heavy atom. The van der Waals surface area contributed by atoms with E-state index in [1.54, 1.807) is 43.9 Å². The lowest BCUT2D eigenvalue weighted by Crippen LogP contribution is -2.19. The van der Waals surface area contributed by atoms with E-state index in [4.69, 9.17) is 24.8 Å². The summed E-state index contributed by atoms with van der Waals surface area (Å²) in [6.45, 7) is 0. The highest BCUT2D eigenvalue weighted by Gasteiger charge is 2.16. The van der Waals surface area contributed by atoms with Gasteiger partial charge in [0, 0.05) is 10.9 Å². The van der Waals surface area contributed by atoms with Crippen LogP contribution in [0.15, 0.2) is 57.9 Å². The number of ether oxygens (including phenoxy) is 2. The quantitative estimate of drug-likeness (QED) is 0.487. The molecule has 0 saturated heterocycles. The number of rotatable bonds is 6. The Morgan fingerprint density at radius 2 is 1.84 bits per heavy atom. The van der Waals surface area contributed by atoms with Gasteiger partial charge in [0.05, 0.1) is 43.8 Å². The number of hydrogen-bond acceptors (Lipinski definition) is 6. The first-order chi connectivity index (χ1) is 15.7. The summed E-state index contributed by atoms with van der Waals surface area (Å²) in [5, 5.41) is 15.9. The van der Waals surface area contributed by atoms with Gasteiger partial charge in [-0.05, 0) is 48.7 Å². The van der Waals surface area contributed by atoms with Gasteiger partial charge in [-0.15, -0.1) is 11.3 Å². The van der Waals surface area contributed by atoms with Gasteiger partial charge >= 0.3 is 0 Å². The molecule has 0 atom stereocenters. The summed E-state index contributed by atoms with van der Waals surface area (Å²) in [4.78, 5) is 5.92. The Hall–Kier alpha value is -3.37. The van der Waals surface area contributed by atoms with Gasteiger partial charge in [0.1, 0.15) is 11.5 Å². The normalized spacial score (nSPS) is 15.1. The van der Waals surface area contributed by atoms with Gasteiger partial charge in [0.2, 0.25) is 4.80 Å². The third kappa shape index (κ3) is 4.92. The second-order valence-electron chi connectivity index (χ2n) is 7.68. The standard InChI is InChI=1S/C25H26N4O2S/c1-30-21-12-13-24(31-2)22(14-21)23-17-32-25(28-20-6-4-3-5-7-20)29(23)27-16-19-10-8-18(15-26)9-11-19/h8-14,16-17,20H,3-7H2,1-2H3. The van der Waals surface area contributed by atoms with Crippen LogP contribution in [0.3, 0.4) is 0 Å². The van der Waals surface area contributed by atoms with E-state index in [0.29, 0.717) is 11.6 Å². The average Bonchev–Trinajstić information content (AvgIpc) is 3.25. The molecule has 0 amide bonds. The summed E-state index contributed by atoms with van der Waals surface area (Å²) in [5.74, 6) is 1.50. The molecule has 0 N–H and O–H groups in total. The third-order valence-electron chi connectivity index (χ3n) is 5.60. The van der Waals surface area contributed by atoms with Gasteiger partial charge in [0.15, 0.2) is 0 Å². The van der Waals surface area contributed by atoms with Crippen molar-refractivity contribution in [3.63, 3.8) is 0 Å².